The minimum atomic E-state index is -0.590. The van der Waals surface area contributed by atoms with Gasteiger partial charge in [0.1, 0.15) is 11.6 Å². The molecule has 1 heterocycles. The number of halogens is 2. The summed E-state index contributed by atoms with van der Waals surface area (Å²) in [7, 11) is 0. The normalized spacial score (nSPS) is 10.5. The van der Waals surface area contributed by atoms with Gasteiger partial charge in [-0.3, -0.25) is 4.68 Å². The first-order valence-electron chi connectivity index (χ1n) is 5.39. The Bertz CT molecular complexity index is 508. The lowest BCUT2D eigenvalue weighted by molar-refractivity contribution is 0.585. The summed E-state index contributed by atoms with van der Waals surface area (Å²) in [4.78, 5) is 0. The van der Waals surface area contributed by atoms with E-state index < -0.39 is 11.6 Å². The number of nitrogens with one attached hydrogen (secondary N) is 1. The summed E-state index contributed by atoms with van der Waals surface area (Å²) in [6.45, 7) is 3.25. The summed E-state index contributed by atoms with van der Waals surface area (Å²) in [5.41, 5.74) is 1.24. The van der Waals surface area contributed by atoms with E-state index in [4.69, 9.17) is 0 Å². The third-order valence-electron chi connectivity index (χ3n) is 2.42. The van der Waals surface area contributed by atoms with Crippen molar-refractivity contribution in [3.05, 3.63) is 47.8 Å². The SMILES string of the molecule is CCn1cc(CNc2ccc(F)cc2F)cn1. The molecule has 17 heavy (non-hydrogen) atoms. The molecule has 3 nitrogen and oxygen atoms in total. The van der Waals surface area contributed by atoms with Crippen molar-refractivity contribution in [1.82, 2.24) is 9.78 Å². The van der Waals surface area contributed by atoms with E-state index >= 15 is 0 Å². The highest BCUT2D eigenvalue weighted by atomic mass is 19.1. The monoisotopic (exact) mass is 237 g/mol. The predicted octanol–water partition coefficient (Wildman–Crippen LogP) is 2.79. The van der Waals surface area contributed by atoms with Gasteiger partial charge in [-0.1, -0.05) is 0 Å². The van der Waals surface area contributed by atoms with Gasteiger partial charge in [0.2, 0.25) is 0 Å². The fourth-order valence-electron chi connectivity index (χ4n) is 1.50. The van der Waals surface area contributed by atoms with Crippen molar-refractivity contribution in [3.8, 4) is 0 Å². The third-order valence-corrected chi connectivity index (χ3v) is 2.42. The van der Waals surface area contributed by atoms with Crippen LogP contribution in [0.1, 0.15) is 12.5 Å². The zero-order valence-electron chi connectivity index (χ0n) is 9.45. The largest absolute Gasteiger partial charge is 0.378 e. The molecule has 5 heteroatoms. The maximum absolute atomic E-state index is 13.3. The highest BCUT2D eigenvalue weighted by Crippen LogP contribution is 2.15. The van der Waals surface area contributed by atoms with Gasteiger partial charge in [-0.15, -0.1) is 0 Å². The number of anilines is 1. The lowest BCUT2D eigenvalue weighted by Gasteiger charge is -2.05. The Hall–Kier alpha value is -1.91. The van der Waals surface area contributed by atoms with E-state index in [0.717, 1.165) is 18.2 Å². The summed E-state index contributed by atoms with van der Waals surface area (Å²) < 4.78 is 27.8. The van der Waals surface area contributed by atoms with E-state index in [9.17, 15) is 8.78 Å². The van der Waals surface area contributed by atoms with Gasteiger partial charge >= 0.3 is 0 Å². The quantitative estimate of drug-likeness (QED) is 0.886. The molecule has 0 radical (unpaired) electrons. The molecule has 0 bridgehead atoms. The van der Waals surface area contributed by atoms with E-state index in [1.54, 1.807) is 10.9 Å². The molecule has 90 valence electrons. The van der Waals surface area contributed by atoms with Crippen molar-refractivity contribution in [1.29, 1.82) is 0 Å². The molecule has 2 rings (SSSR count). The van der Waals surface area contributed by atoms with Crippen LogP contribution in [0.4, 0.5) is 14.5 Å². The topological polar surface area (TPSA) is 29.9 Å². The lowest BCUT2D eigenvalue weighted by atomic mass is 10.2. The summed E-state index contributed by atoms with van der Waals surface area (Å²) in [6.07, 6.45) is 3.60. The Morgan fingerprint density at radius 1 is 1.35 bits per heavy atom. The summed E-state index contributed by atoms with van der Waals surface area (Å²) in [5.74, 6) is -1.17. The van der Waals surface area contributed by atoms with Gasteiger partial charge in [0.25, 0.3) is 0 Å². The Morgan fingerprint density at radius 3 is 2.82 bits per heavy atom. The standard InChI is InChI=1S/C12H13F2N3/c1-2-17-8-9(7-16-17)6-15-12-4-3-10(13)5-11(12)14/h3-5,7-8,15H,2,6H2,1H3. The van der Waals surface area contributed by atoms with Crippen LogP contribution in [0.5, 0.6) is 0 Å². The molecule has 0 spiro atoms. The van der Waals surface area contributed by atoms with Crippen LogP contribution < -0.4 is 5.32 Å². The molecule has 0 atom stereocenters. The maximum atomic E-state index is 13.3. The molecule has 1 N–H and O–H groups in total. The summed E-state index contributed by atoms with van der Waals surface area (Å²) in [5, 5.41) is 7.01. The van der Waals surface area contributed by atoms with Crippen molar-refractivity contribution in [2.24, 2.45) is 0 Å². The van der Waals surface area contributed by atoms with Crippen molar-refractivity contribution < 1.29 is 8.78 Å². The van der Waals surface area contributed by atoms with Crippen molar-refractivity contribution in [2.75, 3.05) is 5.32 Å². The summed E-state index contributed by atoms with van der Waals surface area (Å²) >= 11 is 0. The van der Waals surface area contributed by atoms with E-state index in [-0.39, 0.29) is 5.69 Å². The van der Waals surface area contributed by atoms with Gasteiger partial charge in [0.05, 0.1) is 11.9 Å². The Kier molecular flexibility index (Phi) is 3.37. The molecule has 0 saturated carbocycles. The maximum Gasteiger partial charge on any atom is 0.149 e. The zero-order chi connectivity index (χ0) is 12.3. The number of hydrogen-bond donors (Lipinski definition) is 1. The van der Waals surface area contributed by atoms with Crippen LogP contribution in [0.2, 0.25) is 0 Å². The number of aryl methyl sites for hydroxylation is 1. The number of aromatic nitrogens is 2. The molecule has 0 aliphatic carbocycles. The second-order valence-electron chi connectivity index (χ2n) is 3.68. The van der Waals surface area contributed by atoms with Gasteiger partial charge in [0, 0.05) is 30.9 Å². The first-order valence-corrected chi connectivity index (χ1v) is 5.39. The highest BCUT2D eigenvalue weighted by molar-refractivity contribution is 5.45. The smallest absolute Gasteiger partial charge is 0.149 e. The van der Waals surface area contributed by atoms with Crippen molar-refractivity contribution in [2.45, 2.75) is 20.0 Å². The number of benzene rings is 1. The van der Waals surface area contributed by atoms with E-state index in [1.807, 2.05) is 13.1 Å². The Balaban J connectivity index is 2.02. The average Bonchev–Trinajstić information content (AvgIpc) is 2.76. The van der Waals surface area contributed by atoms with E-state index in [1.165, 1.54) is 12.1 Å². The molecular formula is C12H13F2N3. The van der Waals surface area contributed by atoms with Gasteiger partial charge in [-0.25, -0.2) is 8.78 Å². The predicted molar refractivity (Wildman–Crippen MR) is 61.6 cm³/mol. The van der Waals surface area contributed by atoms with Crippen LogP contribution in [0.3, 0.4) is 0 Å². The fraction of sp³-hybridized carbons (Fsp3) is 0.250. The number of nitrogens with zero attached hydrogens (tertiary/aromatic N) is 2. The Labute approximate surface area is 98.1 Å². The molecule has 1 aromatic heterocycles. The van der Waals surface area contributed by atoms with Crippen LogP contribution >= 0.6 is 0 Å². The van der Waals surface area contributed by atoms with Crippen LogP contribution in [-0.2, 0) is 13.1 Å². The van der Waals surface area contributed by atoms with E-state index in [0.29, 0.717) is 6.54 Å². The molecule has 0 amide bonds. The molecular weight excluding hydrogens is 224 g/mol. The second kappa shape index (κ2) is 4.95. The zero-order valence-corrected chi connectivity index (χ0v) is 9.45. The van der Waals surface area contributed by atoms with Crippen LogP contribution in [-0.4, -0.2) is 9.78 Å². The minimum absolute atomic E-state index is 0.288. The van der Waals surface area contributed by atoms with E-state index in [2.05, 4.69) is 10.4 Å². The third kappa shape index (κ3) is 2.81. The first-order chi connectivity index (χ1) is 8.19. The molecule has 0 aliphatic rings. The molecule has 0 fully saturated rings. The average molecular weight is 237 g/mol. The first kappa shape index (κ1) is 11.6. The Morgan fingerprint density at radius 2 is 2.18 bits per heavy atom. The number of hydrogen-bond acceptors (Lipinski definition) is 2. The molecule has 1 aromatic carbocycles. The lowest BCUT2D eigenvalue weighted by Crippen LogP contribution is -2.01. The van der Waals surface area contributed by atoms with Crippen LogP contribution in [0.15, 0.2) is 30.6 Å². The van der Waals surface area contributed by atoms with Gasteiger partial charge in [-0.2, -0.15) is 5.10 Å². The molecule has 0 unspecified atom stereocenters. The van der Waals surface area contributed by atoms with Crippen LogP contribution in [0.25, 0.3) is 0 Å². The van der Waals surface area contributed by atoms with Gasteiger partial charge in [0.15, 0.2) is 0 Å². The van der Waals surface area contributed by atoms with Gasteiger partial charge < -0.3 is 5.32 Å². The fourth-order valence-corrected chi connectivity index (χ4v) is 1.50. The van der Waals surface area contributed by atoms with Crippen LogP contribution in [0, 0.1) is 11.6 Å². The molecule has 0 saturated heterocycles. The summed E-state index contributed by atoms with van der Waals surface area (Å²) in [6, 6.07) is 3.47. The van der Waals surface area contributed by atoms with Crippen molar-refractivity contribution >= 4 is 5.69 Å². The second-order valence-corrected chi connectivity index (χ2v) is 3.68. The molecule has 0 aliphatic heterocycles. The minimum Gasteiger partial charge on any atom is -0.378 e. The number of rotatable bonds is 4. The van der Waals surface area contributed by atoms with Crippen molar-refractivity contribution in [3.63, 3.8) is 0 Å². The highest BCUT2D eigenvalue weighted by Gasteiger charge is 2.04. The van der Waals surface area contributed by atoms with Gasteiger partial charge in [-0.05, 0) is 19.1 Å². The molecule has 2 aromatic rings.